The summed E-state index contributed by atoms with van der Waals surface area (Å²) in [5.41, 5.74) is 0.419. The van der Waals surface area contributed by atoms with Crippen molar-refractivity contribution in [1.82, 2.24) is 0 Å². The molecule has 0 aliphatic heterocycles. The van der Waals surface area contributed by atoms with Crippen molar-refractivity contribution in [3.05, 3.63) is 33.9 Å². The number of carboxylic acids is 1. The molecule has 0 heterocycles. The number of benzene rings is 1. The SMILES string of the molecule is CCC(C)CN(CC)c1cc([N+](=O)[O-])ccc1C(=O)O. The molecule has 110 valence electrons. The summed E-state index contributed by atoms with van der Waals surface area (Å²) >= 11 is 0. The largest absolute Gasteiger partial charge is 0.478 e. The van der Waals surface area contributed by atoms with Crippen molar-refractivity contribution in [3.8, 4) is 0 Å². The van der Waals surface area contributed by atoms with Crippen LogP contribution in [0.2, 0.25) is 0 Å². The summed E-state index contributed by atoms with van der Waals surface area (Å²) in [5.74, 6) is -0.687. The van der Waals surface area contributed by atoms with E-state index in [9.17, 15) is 20.0 Å². The molecule has 0 fully saturated rings. The zero-order valence-corrected chi connectivity index (χ0v) is 12.0. The lowest BCUT2D eigenvalue weighted by Crippen LogP contribution is -2.29. The molecule has 0 amide bonds. The fraction of sp³-hybridized carbons (Fsp3) is 0.500. The van der Waals surface area contributed by atoms with E-state index < -0.39 is 10.9 Å². The number of anilines is 1. The number of hydrogen-bond acceptors (Lipinski definition) is 4. The predicted molar refractivity (Wildman–Crippen MR) is 77.4 cm³/mol. The van der Waals surface area contributed by atoms with Gasteiger partial charge < -0.3 is 10.0 Å². The van der Waals surface area contributed by atoms with Crippen LogP contribution in [0.4, 0.5) is 11.4 Å². The highest BCUT2D eigenvalue weighted by atomic mass is 16.6. The summed E-state index contributed by atoms with van der Waals surface area (Å²) in [7, 11) is 0. The number of aromatic carboxylic acids is 1. The molecule has 1 N–H and O–H groups in total. The Morgan fingerprint density at radius 3 is 2.55 bits per heavy atom. The van der Waals surface area contributed by atoms with Crippen LogP contribution in [-0.4, -0.2) is 29.1 Å². The molecule has 0 aliphatic carbocycles. The summed E-state index contributed by atoms with van der Waals surface area (Å²) in [6.45, 7) is 7.32. The normalized spacial score (nSPS) is 11.9. The lowest BCUT2D eigenvalue weighted by molar-refractivity contribution is -0.384. The molecule has 20 heavy (non-hydrogen) atoms. The number of nitro groups is 1. The van der Waals surface area contributed by atoms with Crippen LogP contribution in [0.15, 0.2) is 18.2 Å². The molecule has 1 unspecified atom stereocenters. The first-order chi connectivity index (χ1) is 9.40. The standard InChI is InChI=1S/C14H20N2O4/c1-4-10(3)9-15(5-2)13-8-11(16(19)20)6-7-12(13)14(17)18/h6-8,10H,4-5,9H2,1-3H3,(H,17,18). The van der Waals surface area contributed by atoms with Gasteiger partial charge in [0.1, 0.15) is 0 Å². The average molecular weight is 280 g/mol. The van der Waals surface area contributed by atoms with Gasteiger partial charge in [-0.15, -0.1) is 0 Å². The summed E-state index contributed by atoms with van der Waals surface area (Å²) in [6, 6.07) is 3.87. The molecular formula is C14H20N2O4. The van der Waals surface area contributed by atoms with E-state index in [-0.39, 0.29) is 11.3 Å². The number of nitrogens with zero attached hydrogens (tertiary/aromatic N) is 2. The van der Waals surface area contributed by atoms with E-state index in [4.69, 9.17) is 0 Å². The highest BCUT2D eigenvalue weighted by Crippen LogP contribution is 2.27. The lowest BCUT2D eigenvalue weighted by atomic mass is 10.1. The van der Waals surface area contributed by atoms with Gasteiger partial charge in [0, 0.05) is 25.2 Å². The third kappa shape index (κ3) is 3.69. The van der Waals surface area contributed by atoms with Gasteiger partial charge in [0.05, 0.1) is 16.2 Å². The Kier molecular flexibility index (Phi) is 5.49. The van der Waals surface area contributed by atoms with Gasteiger partial charge in [0.25, 0.3) is 5.69 Å². The number of carboxylic acid groups (broad SMARTS) is 1. The molecule has 6 nitrogen and oxygen atoms in total. The van der Waals surface area contributed by atoms with E-state index >= 15 is 0 Å². The fourth-order valence-corrected chi connectivity index (χ4v) is 1.98. The third-order valence-corrected chi connectivity index (χ3v) is 3.37. The lowest BCUT2D eigenvalue weighted by Gasteiger charge is -2.27. The fourth-order valence-electron chi connectivity index (χ4n) is 1.98. The van der Waals surface area contributed by atoms with E-state index in [1.54, 1.807) is 0 Å². The number of carbonyl (C=O) groups is 1. The monoisotopic (exact) mass is 280 g/mol. The zero-order valence-electron chi connectivity index (χ0n) is 12.0. The second kappa shape index (κ2) is 6.88. The molecule has 1 atom stereocenters. The molecule has 0 saturated heterocycles. The Labute approximate surface area is 118 Å². The van der Waals surface area contributed by atoms with Crippen LogP contribution in [0.3, 0.4) is 0 Å². The minimum atomic E-state index is -1.07. The molecule has 1 aromatic rings. The molecule has 0 aliphatic rings. The first kappa shape index (κ1) is 15.9. The van der Waals surface area contributed by atoms with Crippen LogP contribution in [-0.2, 0) is 0 Å². The summed E-state index contributed by atoms with van der Waals surface area (Å²) < 4.78 is 0. The second-order valence-electron chi connectivity index (χ2n) is 4.82. The maximum atomic E-state index is 11.3. The van der Waals surface area contributed by atoms with Crippen molar-refractivity contribution in [3.63, 3.8) is 0 Å². The van der Waals surface area contributed by atoms with Gasteiger partial charge in [-0.25, -0.2) is 4.79 Å². The van der Waals surface area contributed by atoms with Gasteiger partial charge in [-0.2, -0.15) is 0 Å². The maximum absolute atomic E-state index is 11.3. The van der Waals surface area contributed by atoms with E-state index in [1.807, 2.05) is 11.8 Å². The Balaban J connectivity index is 3.25. The molecular weight excluding hydrogens is 260 g/mol. The molecule has 0 saturated carbocycles. The van der Waals surface area contributed by atoms with Crippen LogP contribution in [0.5, 0.6) is 0 Å². The molecule has 0 aromatic heterocycles. The van der Waals surface area contributed by atoms with Crippen LogP contribution < -0.4 is 4.90 Å². The van der Waals surface area contributed by atoms with Crippen LogP contribution >= 0.6 is 0 Å². The van der Waals surface area contributed by atoms with E-state index in [0.29, 0.717) is 24.7 Å². The zero-order chi connectivity index (χ0) is 15.3. The van der Waals surface area contributed by atoms with E-state index in [0.717, 1.165) is 6.42 Å². The summed E-state index contributed by atoms with van der Waals surface area (Å²) in [4.78, 5) is 23.5. The van der Waals surface area contributed by atoms with E-state index in [1.165, 1.54) is 18.2 Å². The Hall–Kier alpha value is -2.11. The number of nitro benzene ring substituents is 1. The topological polar surface area (TPSA) is 83.7 Å². The van der Waals surface area contributed by atoms with Crippen molar-refractivity contribution in [2.24, 2.45) is 5.92 Å². The van der Waals surface area contributed by atoms with Crippen molar-refractivity contribution in [1.29, 1.82) is 0 Å². The highest BCUT2D eigenvalue weighted by Gasteiger charge is 2.20. The van der Waals surface area contributed by atoms with Gasteiger partial charge in [-0.3, -0.25) is 10.1 Å². The minimum absolute atomic E-state index is 0.0902. The highest BCUT2D eigenvalue weighted by molar-refractivity contribution is 5.95. The second-order valence-corrected chi connectivity index (χ2v) is 4.82. The average Bonchev–Trinajstić information content (AvgIpc) is 2.43. The first-order valence-corrected chi connectivity index (χ1v) is 6.67. The molecule has 0 bridgehead atoms. The van der Waals surface area contributed by atoms with Gasteiger partial charge in [0.2, 0.25) is 0 Å². The molecule has 0 radical (unpaired) electrons. The molecule has 6 heteroatoms. The van der Waals surface area contributed by atoms with Gasteiger partial charge in [0.15, 0.2) is 0 Å². The first-order valence-electron chi connectivity index (χ1n) is 6.67. The summed E-state index contributed by atoms with van der Waals surface area (Å²) in [5, 5.41) is 20.1. The van der Waals surface area contributed by atoms with Crippen molar-refractivity contribution in [2.45, 2.75) is 27.2 Å². The third-order valence-electron chi connectivity index (χ3n) is 3.37. The van der Waals surface area contributed by atoms with Crippen LogP contribution in [0.1, 0.15) is 37.6 Å². The van der Waals surface area contributed by atoms with E-state index in [2.05, 4.69) is 13.8 Å². The Bertz CT molecular complexity index is 502. The van der Waals surface area contributed by atoms with Gasteiger partial charge >= 0.3 is 5.97 Å². The predicted octanol–water partition coefficient (Wildman–Crippen LogP) is 3.17. The Morgan fingerprint density at radius 2 is 2.10 bits per heavy atom. The quantitative estimate of drug-likeness (QED) is 0.612. The van der Waals surface area contributed by atoms with Crippen molar-refractivity contribution >= 4 is 17.3 Å². The van der Waals surface area contributed by atoms with Gasteiger partial charge in [-0.05, 0) is 18.9 Å². The van der Waals surface area contributed by atoms with Crippen molar-refractivity contribution in [2.75, 3.05) is 18.0 Å². The smallest absolute Gasteiger partial charge is 0.337 e. The number of rotatable bonds is 7. The van der Waals surface area contributed by atoms with Gasteiger partial charge in [-0.1, -0.05) is 20.3 Å². The van der Waals surface area contributed by atoms with Crippen molar-refractivity contribution < 1.29 is 14.8 Å². The Morgan fingerprint density at radius 1 is 1.45 bits per heavy atom. The van der Waals surface area contributed by atoms with Crippen LogP contribution in [0.25, 0.3) is 0 Å². The van der Waals surface area contributed by atoms with Crippen LogP contribution in [0, 0.1) is 16.0 Å². The summed E-state index contributed by atoms with van der Waals surface area (Å²) in [6.07, 6.45) is 0.966. The molecule has 1 aromatic carbocycles. The maximum Gasteiger partial charge on any atom is 0.337 e. The minimum Gasteiger partial charge on any atom is -0.478 e. The molecule has 0 spiro atoms. The number of non-ortho nitro benzene ring substituents is 1. The number of hydrogen-bond donors (Lipinski definition) is 1. The molecule has 1 rings (SSSR count).